The number of hydrogen-bond donors (Lipinski definition) is 0. The van der Waals surface area contributed by atoms with E-state index in [9.17, 15) is 24.5 Å². The molecule has 0 bridgehead atoms. The summed E-state index contributed by atoms with van der Waals surface area (Å²) in [4.78, 5) is 46.6. The maximum Gasteiger partial charge on any atom is 0.343 e. The Labute approximate surface area is 141 Å². The van der Waals surface area contributed by atoms with Gasteiger partial charge in [-0.2, -0.15) is 0 Å². The molecule has 3 rings (SSSR count). The summed E-state index contributed by atoms with van der Waals surface area (Å²) < 4.78 is 5.06. The SMILES string of the molecule is O=C(Oc1ccccc1[N+](=O)[O-])c1ccc(N2C(=O)C=CC2=O)cc1. The van der Waals surface area contributed by atoms with Crippen molar-refractivity contribution in [3.63, 3.8) is 0 Å². The van der Waals surface area contributed by atoms with Crippen molar-refractivity contribution in [2.24, 2.45) is 0 Å². The Morgan fingerprint density at radius 1 is 0.960 bits per heavy atom. The summed E-state index contributed by atoms with van der Waals surface area (Å²) in [5.74, 6) is -1.91. The number of anilines is 1. The molecule has 0 unspecified atom stereocenters. The molecule has 8 heteroatoms. The Bertz CT molecular complexity index is 899. The van der Waals surface area contributed by atoms with Gasteiger partial charge in [-0.25, -0.2) is 9.69 Å². The van der Waals surface area contributed by atoms with Crippen LogP contribution in [-0.2, 0) is 9.59 Å². The van der Waals surface area contributed by atoms with Crippen LogP contribution in [0.3, 0.4) is 0 Å². The summed E-state index contributed by atoms with van der Waals surface area (Å²) in [7, 11) is 0. The monoisotopic (exact) mass is 338 g/mol. The van der Waals surface area contributed by atoms with E-state index in [2.05, 4.69) is 0 Å². The van der Waals surface area contributed by atoms with E-state index < -0.39 is 22.7 Å². The highest BCUT2D eigenvalue weighted by Gasteiger charge is 2.25. The molecule has 0 N–H and O–H groups in total. The van der Waals surface area contributed by atoms with E-state index in [1.807, 2.05) is 0 Å². The normalized spacial score (nSPS) is 13.2. The average molecular weight is 338 g/mol. The van der Waals surface area contributed by atoms with Gasteiger partial charge in [-0.15, -0.1) is 0 Å². The molecular formula is C17H10N2O6. The van der Waals surface area contributed by atoms with Crippen molar-refractivity contribution in [2.75, 3.05) is 4.90 Å². The number of hydrogen-bond acceptors (Lipinski definition) is 6. The first-order valence-corrected chi connectivity index (χ1v) is 7.09. The Hall–Kier alpha value is -3.81. The van der Waals surface area contributed by atoms with Gasteiger partial charge in [-0.1, -0.05) is 12.1 Å². The molecule has 0 saturated carbocycles. The maximum absolute atomic E-state index is 12.1. The lowest BCUT2D eigenvalue weighted by Crippen LogP contribution is -2.29. The van der Waals surface area contributed by atoms with Crippen LogP contribution in [0.25, 0.3) is 0 Å². The van der Waals surface area contributed by atoms with Crippen LogP contribution in [0.1, 0.15) is 10.4 Å². The second kappa shape index (κ2) is 6.36. The van der Waals surface area contributed by atoms with Gasteiger partial charge in [0.2, 0.25) is 5.75 Å². The van der Waals surface area contributed by atoms with Gasteiger partial charge in [0.15, 0.2) is 0 Å². The molecular weight excluding hydrogens is 328 g/mol. The predicted molar refractivity (Wildman–Crippen MR) is 86.1 cm³/mol. The molecule has 0 spiro atoms. The first-order chi connectivity index (χ1) is 12.0. The number of carbonyl (C=O) groups excluding carboxylic acids is 3. The smallest absolute Gasteiger partial charge is 0.343 e. The number of nitrogens with zero attached hydrogens (tertiary/aromatic N) is 2. The summed E-state index contributed by atoms with van der Waals surface area (Å²) in [6.07, 6.45) is 2.30. The summed E-state index contributed by atoms with van der Waals surface area (Å²) >= 11 is 0. The molecule has 1 aliphatic rings. The highest BCUT2D eigenvalue weighted by molar-refractivity contribution is 6.28. The molecule has 0 fully saturated rings. The van der Waals surface area contributed by atoms with E-state index >= 15 is 0 Å². The molecule has 2 amide bonds. The van der Waals surface area contributed by atoms with Gasteiger partial charge in [-0.3, -0.25) is 19.7 Å². The number of amides is 2. The lowest BCUT2D eigenvalue weighted by Gasteiger charge is -2.13. The van der Waals surface area contributed by atoms with E-state index in [0.717, 1.165) is 17.1 Å². The van der Waals surface area contributed by atoms with Gasteiger partial charge in [0.25, 0.3) is 11.8 Å². The zero-order valence-corrected chi connectivity index (χ0v) is 12.6. The Balaban J connectivity index is 1.79. The molecule has 1 heterocycles. The van der Waals surface area contributed by atoms with E-state index in [0.29, 0.717) is 5.69 Å². The molecule has 2 aromatic carbocycles. The number of ether oxygens (including phenoxy) is 1. The Kier molecular flexibility index (Phi) is 4.09. The number of nitro benzene ring substituents is 1. The molecule has 8 nitrogen and oxygen atoms in total. The predicted octanol–water partition coefficient (Wildman–Crippen LogP) is 2.24. The van der Waals surface area contributed by atoms with Crippen LogP contribution < -0.4 is 9.64 Å². The molecule has 0 saturated heterocycles. The summed E-state index contributed by atoms with van der Waals surface area (Å²) in [6.45, 7) is 0. The molecule has 1 aliphatic heterocycles. The van der Waals surface area contributed by atoms with Gasteiger partial charge >= 0.3 is 11.7 Å². The van der Waals surface area contributed by atoms with E-state index in [1.165, 1.54) is 48.5 Å². The fraction of sp³-hybridized carbons (Fsp3) is 0. The third-order valence-corrected chi connectivity index (χ3v) is 3.44. The van der Waals surface area contributed by atoms with Gasteiger partial charge in [-0.05, 0) is 30.3 Å². The lowest BCUT2D eigenvalue weighted by atomic mass is 10.2. The summed E-state index contributed by atoms with van der Waals surface area (Å²) in [6, 6.07) is 11.1. The van der Waals surface area contributed by atoms with Crippen molar-refractivity contribution in [1.29, 1.82) is 0 Å². The van der Waals surface area contributed by atoms with Crippen molar-refractivity contribution < 1.29 is 24.0 Å². The molecule has 0 radical (unpaired) electrons. The van der Waals surface area contributed by atoms with Gasteiger partial charge in [0, 0.05) is 18.2 Å². The van der Waals surface area contributed by atoms with Crippen molar-refractivity contribution in [3.05, 3.63) is 76.4 Å². The zero-order chi connectivity index (χ0) is 18.0. The minimum absolute atomic E-state index is 0.119. The van der Waals surface area contributed by atoms with E-state index in [4.69, 9.17) is 4.74 Å². The molecule has 124 valence electrons. The number of esters is 1. The van der Waals surface area contributed by atoms with Crippen LogP contribution in [0, 0.1) is 10.1 Å². The van der Waals surface area contributed by atoms with Crippen molar-refractivity contribution >= 4 is 29.2 Å². The van der Waals surface area contributed by atoms with Crippen molar-refractivity contribution in [2.45, 2.75) is 0 Å². The largest absolute Gasteiger partial charge is 0.416 e. The zero-order valence-electron chi connectivity index (χ0n) is 12.6. The third-order valence-electron chi connectivity index (χ3n) is 3.44. The number of para-hydroxylation sites is 2. The Morgan fingerprint density at radius 3 is 2.16 bits per heavy atom. The molecule has 2 aromatic rings. The number of nitro groups is 1. The van der Waals surface area contributed by atoms with Crippen LogP contribution in [0.5, 0.6) is 5.75 Å². The lowest BCUT2D eigenvalue weighted by molar-refractivity contribution is -0.385. The van der Waals surface area contributed by atoms with Crippen LogP contribution >= 0.6 is 0 Å². The molecule has 0 atom stereocenters. The summed E-state index contributed by atoms with van der Waals surface area (Å²) in [5.41, 5.74) is 0.100. The number of imide groups is 1. The second-order valence-electron chi connectivity index (χ2n) is 5.01. The highest BCUT2D eigenvalue weighted by Crippen LogP contribution is 2.27. The van der Waals surface area contributed by atoms with Crippen LogP contribution in [0.2, 0.25) is 0 Å². The Morgan fingerprint density at radius 2 is 1.56 bits per heavy atom. The van der Waals surface area contributed by atoms with Gasteiger partial charge < -0.3 is 4.74 Å². The number of benzene rings is 2. The first-order valence-electron chi connectivity index (χ1n) is 7.09. The first kappa shape index (κ1) is 16.1. The fourth-order valence-corrected chi connectivity index (χ4v) is 2.25. The fourth-order valence-electron chi connectivity index (χ4n) is 2.25. The summed E-state index contributed by atoms with van der Waals surface area (Å²) in [5, 5.41) is 10.9. The van der Waals surface area contributed by atoms with Crippen molar-refractivity contribution in [1.82, 2.24) is 0 Å². The maximum atomic E-state index is 12.1. The van der Waals surface area contributed by atoms with E-state index in [-0.39, 0.29) is 17.0 Å². The third kappa shape index (κ3) is 3.13. The second-order valence-corrected chi connectivity index (χ2v) is 5.01. The molecule has 0 aliphatic carbocycles. The van der Waals surface area contributed by atoms with Crippen molar-refractivity contribution in [3.8, 4) is 5.75 Å². The van der Waals surface area contributed by atoms with Crippen LogP contribution in [-0.4, -0.2) is 22.7 Å². The van der Waals surface area contributed by atoms with Crippen LogP contribution in [0.15, 0.2) is 60.7 Å². The van der Waals surface area contributed by atoms with Gasteiger partial charge in [0.1, 0.15) is 0 Å². The number of carbonyl (C=O) groups is 3. The average Bonchev–Trinajstić information content (AvgIpc) is 2.94. The minimum atomic E-state index is -0.793. The quantitative estimate of drug-likeness (QED) is 0.278. The van der Waals surface area contributed by atoms with E-state index in [1.54, 1.807) is 0 Å². The molecule has 0 aromatic heterocycles. The minimum Gasteiger partial charge on any atom is -0.416 e. The topological polar surface area (TPSA) is 107 Å². The highest BCUT2D eigenvalue weighted by atomic mass is 16.6. The van der Waals surface area contributed by atoms with Gasteiger partial charge in [0.05, 0.1) is 16.2 Å². The standard InChI is InChI=1S/C17H10N2O6/c20-15-9-10-16(21)18(15)12-7-5-11(6-8-12)17(22)25-14-4-2-1-3-13(14)19(23)24/h1-10H. The number of rotatable bonds is 4. The molecule has 25 heavy (non-hydrogen) atoms. The van der Waals surface area contributed by atoms with Crippen LogP contribution in [0.4, 0.5) is 11.4 Å².